The SMILES string of the molecule is CN(CC(=O)Nc1ccccc1C(F)(F)F)C(=O)CC(c1ccccc1)c1ccccc1. The zero-order chi connectivity index (χ0) is 23.1. The second-order valence-corrected chi connectivity index (χ2v) is 7.42. The Morgan fingerprint density at radius 2 is 1.34 bits per heavy atom. The molecule has 3 rings (SSSR count). The number of anilines is 1. The second-order valence-electron chi connectivity index (χ2n) is 7.42. The van der Waals surface area contributed by atoms with Crippen LogP contribution in [0.2, 0.25) is 0 Å². The van der Waals surface area contributed by atoms with Crippen molar-refractivity contribution in [3.05, 3.63) is 102 Å². The molecule has 0 aliphatic heterocycles. The highest BCUT2D eigenvalue weighted by molar-refractivity contribution is 5.95. The van der Waals surface area contributed by atoms with Gasteiger partial charge in [-0.2, -0.15) is 13.2 Å². The molecular weight excluding hydrogens is 417 g/mol. The van der Waals surface area contributed by atoms with Crippen LogP contribution in [0, 0.1) is 0 Å². The van der Waals surface area contributed by atoms with Gasteiger partial charge in [-0.15, -0.1) is 0 Å². The van der Waals surface area contributed by atoms with Crippen molar-refractivity contribution in [3.63, 3.8) is 0 Å². The first-order valence-corrected chi connectivity index (χ1v) is 10.1. The predicted molar refractivity (Wildman–Crippen MR) is 117 cm³/mol. The van der Waals surface area contributed by atoms with Crippen molar-refractivity contribution in [1.82, 2.24) is 4.90 Å². The van der Waals surface area contributed by atoms with E-state index in [1.54, 1.807) is 0 Å². The van der Waals surface area contributed by atoms with E-state index < -0.39 is 17.6 Å². The van der Waals surface area contributed by atoms with E-state index in [4.69, 9.17) is 0 Å². The fourth-order valence-electron chi connectivity index (χ4n) is 3.46. The van der Waals surface area contributed by atoms with Crippen molar-refractivity contribution < 1.29 is 22.8 Å². The van der Waals surface area contributed by atoms with Gasteiger partial charge in [-0.3, -0.25) is 9.59 Å². The number of carbonyl (C=O) groups is 2. The standard InChI is InChI=1S/C25H23F3N2O2/c1-30(17-23(31)29-22-15-9-8-14-21(22)25(26,27)28)24(32)16-20(18-10-4-2-5-11-18)19-12-6-3-7-13-19/h2-15,20H,16-17H2,1H3,(H,29,31). The molecule has 3 aromatic carbocycles. The number of alkyl halides is 3. The lowest BCUT2D eigenvalue weighted by Crippen LogP contribution is -2.36. The molecule has 0 heterocycles. The minimum atomic E-state index is -4.59. The number of likely N-dealkylation sites (N-methyl/N-ethyl adjacent to an activating group) is 1. The zero-order valence-electron chi connectivity index (χ0n) is 17.5. The lowest BCUT2D eigenvalue weighted by Gasteiger charge is -2.22. The summed E-state index contributed by atoms with van der Waals surface area (Å²) in [5.74, 6) is -1.20. The van der Waals surface area contributed by atoms with Crippen LogP contribution >= 0.6 is 0 Å². The minimum Gasteiger partial charge on any atom is -0.336 e. The first-order chi connectivity index (χ1) is 15.3. The molecule has 32 heavy (non-hydrogen) atoms. The molecule has 7 heteroatoms. The Kier molecular flexibility index (Phi) is 7.30. The van der Waals surface area contributed by atoms with Gasteiger partial charge in [0.25, 0.3) is 0 Å². The van der Waals surface area contributed by atoms with E-state index in [2.05, 4.69) is 5.32 Å². The van der Waals surface area contributed by atoms with Crippen molar-refractivity contribution >= 4 is 17.5 Å². The van der Waals surface area contributed by atoms with Gasteiger partial charge in [0.05, 0.1) is 17.8 Å². The number of hydrogen-bond donors (Lipinski definition) is 1. The van der Waals surface area contributed by atoms with Crippen molar-refractivity contribution in [2.45, 2.75) is 18.5 Å². The van der Waals surface area contributed by atoms with Gasteiger partial charge in [0.1, 0.15) is 0 Å². The summed E-state index contributed by atoms with van der Waals surface area (Å²) in [6.45, 7) is -0.360. The number of benzene rings is 3. The molecule has 0 spiro atoms. The highest BCUT2D eigenvalue weighted by atomic mass is 19.4. The number of nitrogens with one attached hydrogen (secondary N) is 1. The largest absolute Gasteiger partial charge is 0.418 e. The van der Waals surface area contributed by atoms with Crippen LogP contribution < -0.4 is 5.32 Å². The number of halogens is 3. The van der Waals surface area contributed by atoms with Crippen molar-refractivity contribution in [2.75, 3.05) is 18.9 Å². The Morgan fingerprint density at radius 1 is 0.844 bits per heavy atom. The van der Waals surface area contributed by atoms with Crippen LogP contribution in [-0.2, 0) is 15.8 Å². The molecule has 0 saturated heterocycles. The third-order valence-electron chi connectivity index (χ3n) is 5.10. The summed E-state index contributed by atoms with van der Waals surface area (Å²) in [6.07, 6.45) is -4.47. The van der Waals surface area contributed by atoms with E-state index in [9.17, 15) is 22.8 Å². The van der Waals surface area contributed by atoms with Crippen LogP contribution in [0.15, 0.2) is 84.9 Å². The van der Waals surface area contributed by atoms with E-state index in [-0.39, 0.29) is 30.5 Å². The fourth-order valence-corrected chi connectivity index (χ4v) is 3.46. The third kappa shape index (κ3) is 5.97. The molecule has 0 fully saturated rings. The molecular formula is C25H23F3N2O2. The van der Waals surface area contributed by atoms with Gasteiger partial charge in [0.15, 0.2) is 0 Å². The number of amides is 2. The van der Waals surface area contributed by atoms with Gasteiger partial charge in [-0.25, -0.2) is 0 Å². The molecule has 0 bridgehead atoms. The molecule has 0 radical (unpaired) electrons. The quantitative estimate of drug-likeness (QED) is 0.540. The van der Waals surface area contributed by atoms with Gasteiger partial charge in [-0.05, 0) is 23.3 Å². The average molecular weight is 440 g/mol. The minimum absolute atomic E-state index is 0.122. The topological polar surface area (TPSA) is 49.4 Å². The van der Waals surface area contributed by atoms with Gasteiger partial charge in [0, 0.05) is 19.4 Å². The summed E-state index contributed by atoms with van der Waals surface area (Å²) >= 11 is 0. The van der Waals surface area contributed by atoms with Gasteiger partial charge < -0.3 is 10.2 Å². The lowest BCUT2D eigenvalue weighted by molar-refractivity contribution is -0.137. The van der Waals surface area contributed by atoms with Crippen molar-refractivity contribution in [1.29, 1.82) is 0 Å². The maximum atomic E-state index is 13.1. The number of nitrogens with zero attached hydrogens (tertiary/aromatic N) is 1. The van der Waals surface area contributed by atoms with Crippen LogP contribution in [0.1, 0.15) is 29.0 Å². The molecule has 0 aliphatic carbocycles. The van der Waals surface area contributed by atoms with Crippen LogP contribution in [-0.4, -0.2) is 30.3 Å². The van der Waals surface area contributed by atoms with Gasteiger partial charge in [-0.1, -0.05) is 72.8 Å². The van der Waals surface area contributed by atoms with Crippen molar-refractivity contribution in [3.8, 4) is 0 Å². The van der Waals surface area contributed by atoms with E-state index in [1.807, 2.05) is 60.7 Å². The molecule has 0 unspecified atom stereocenters. The number of rotatable bonds is 7. The van der Waals surface area contributed by atoms with Crippen LogP contribution in [0.5, 0.6) is 0 Å². The van der Waals surface area contributed by atoms with Gasteiger partial charge >= 0.3 is 6.18 Å². The van der Waals surface area contributed by atoms with Crippen LogP contribution in [0.4, 0.5) is 18.9 Å². The highest BCUT2D eigenvalue weighted by Crippen LogP contribution is 2.34. The maximum Gasteiger partial charge on any atom is 0.418 e. The van der Waals surface area contributed by atoms with Gasteiger partial charge in [0.2, 0.25) is 11.8 Å². The molecule has 0 aromatic heterocycles. The Morgan fingerprint density at radius 3 is 1.88 bits per heavy atom. The number of carbonyl (C=O) groups excluding carboxylic acids is 2. The Balaban J connectivity index is 1.69. The third-order valence-corrected chi connectivity index (χ3v) is 5.10. The Hall–Kier alpha value is -3.61. The maximum absolute atomic E-state index is 13.1. The molecule has 4 nitrogen and oxygen atoms in total. The Labute approximate surface area is 184 Å². The number of para-hydroxylation sites is 1. The Bertz CT molecular complexity index is 1010. The summed E-state index contributed by atoms with van der Waals surface area (Å²) in [5, 5.41) is 2.27. The molecule has 2 amide bonds. The van der Waals surface area contributed by atoms with Crippen LogP contribution in [0.3, 0.4) is 0 Å². The fraction of sp³-hybridized carbons (Fsp3) is 0.200. The smallest absolute Gasteiger partial charge is 0.336 e. The monoisotopic (exact) mass is 440 g/mol. The summed E-state index contributed by atoms with van der Waals surface area (Å²) in [5.41, 5.74) is 0.654. The van der Waals surface area contributed by atoms with Crippen LogP contribution in [0.25, 0.3) is 0 Å². The molecule has 1 N–H and O–H groups in total. The van der Waals surface area contributed by atoms with E-state index >= 15 is 0 Å². The lowest BCUT2D eigenvalue weighted by atomic mass is 9.88. The normalized spacial score (nSPS) is 11.3. The molecule has 0 saturated carbocycles. The summed E-state index contributed by atoms with van der Waals surface area (Å²) in [7, 11) is 1.46. The first kappa shape index (κ1) is 23.1. The second kappa shape index (κ2) is 10.1. The van der Waals surface area contributed by atoms with E-state index in [1.165, 1.54) is 30.1 Å². The predicted octanol–water partition coefficient (Wildman–Crippen LogP) is 5.32. The van der Waals surface area contributed by atoms with Crippen molar-refractivity contribution in [2.24, 2.45) is 0 Å². The summed E-state index contributed by atoms with van der Waals surface area (Å²) in [6, 6.07) is 23.8. The average Bonchev–Trinajstić information content (AvgIpc) is 2.78. The summed E-state index contributed by atoms with van der Waals surface area (Å²) < 4.78 is 39.4. The number of hydrogen-bond acceptors (Lipinski definition) is 2. The van der Waals surface area contributed by atoms with E-state index in [0.29, 0.717) is 0 Å². The van der Waals surface area contributed by atoms with E-state index in [0.717, 1.165) is 17.2 Å². The molecule has 3 aromatic rings. The molecule has 0 aliphatic rings. The molecule has 166 valence electrons. The zero-order valence-corrected chi connectivity index (χ0v) is 17.5. The highest BCUT2D eigenvalue weighted by Gasteiger charge is 2.33. The summed E-state index contributed by atoms with van der Waals surface area (Å²) in [4.78, 5) is 26.5. The first-order valence-electron chi connectivity index (χ1n) is 10.1. The molecule has 0 atom stereocenters.